The van der Waals surface area contributed by atoms with Gasteiger partial charge in [-0.2, -0.15) is 0 Å². The molecule has 6 amide bonds. The minimum atomic E-state index is -1.41. The predicted octanol–water partition coefficient (Wildman–Crippen LogP) is -0.516. The Labute approximate surface area is 287 Å². The fourth-order valence-corrected chi connectivity index (χ4v) is 4.57. The first kappa shape index (κ1) is 40.2. The van der Waals surface area contributed by atoms with Crippen LogP contribution in [0.1, 0.15) is 70.4 Å². The standard InChI is InChI=1S/C33H42N6O11/c1-19-15-20(8-11-25(19)40)9-12-26(41)35-14-3-2-7-24(33(49)50)39-28(43)18-37-32(48)23(10-13-29(44)45)38-27(42)17-36-31(47)22-6-4-5-21(16-22)30(34)46/h4-6,8,11,15-16,23-24,40H,2-3,7,9-10,12-14,17-18H2,1H3,(H2,34,46)(H,35,41)(H,36,47)(H,37,48)(H,38,42)(H,39,43)(H,44,45)(H,49,50). The van der Waals surface area contributed by atoms with E-state index in [9.17, 15) is 48.6 Å². The Kier molecular flexibility index (Phi) is 16.4. The molecule has 0 radical (unpaired) electrons. The van der Waals surface area contributed by atoms with Gasteiger partial charge in [0.2, 0.25) is 29.5 Å². The highest BCUT2D eigenvalue weighted by Gasteiger charge is 2.24. The van der Waals surface area contributed by atoms with E-state index in [0.29, 0.717) is 31.4 Å². The molecule has 0 spiro atoms. The number of amides is 6. The number of nitrogens with two attached hydrogens (primary N) is 1. The predicted molar refractivity (Wildman–Crippen MR) is 177 cm³/mol. The number of hydrogen-bond acceptors (Lipinski definition) is 9. The van der Waals surface area contributed by atoms with Crippen molar-refractivity contribution in [3.05, 3.63) is 64.7 Å². The van der Waals surface area contributed by atoms with Gasteiger partial charge in [0.05, 0.1) is 13.1 Å². The molecule has 270 valence electrons. The zero-order chi connectivity index (χ0) is 37.2. The van der Waals surface area contributed by atoms with Crippen LogP contribution in [0, 0.1) is 6.92 Å². The van der Waals surface area contributed by atoms with Crippen molar-refractivity contribution in [1.29, 1.82) is 0 Å². The molecule has 0 saturated carbocycles. The zero-order valence-corrected chi connectivity index (χ0v) is 27.5. The lowest BCUT2D eigenvalue weighted by Gasteiger charge is -2.19. The number of benzene rings is 2. The summed E-state index contributed by atoms with van der Waals surface area (Å²) in [4.78, 5) is 96.3. The molecule has 0 fully saturated rings. The molecule has 2 aromatic carbocycles. The highest BCUT2D eigenvalue weighted by Crippen LogP contribution is 2.17. The number of hydrogen-bond donors (Lipinski definition) is 9. The van der Waals surface area contributed by atoms with Gasteiger partial charge in [-0.25, -0.2) is 4.79 Å². The maximum atomic E-state index is 12.7. The van der Waals surface area contributed by atoms with Gasteiger partial charge in [0.15, 0.2) is 0 Å². The SMILES string of the molecule is Cc1cc(CCC(=O)NCCCCC(NC(=O)CNC(=O)C(CCC(=O)O)NC(=O)CNC(=O)c2cccc(C(N)=O)c2)C(=O)O)ccc1O. The molecule has 17 nitrogen and oxygen atoms in total. The number of rotatable bonds is 21. The number of carbonyl (C=O) groups excluding carboxylic acids is 6. The molecule has 2 aromatic rings. The Morgan fingerprint density at radius 1 is 0.740 bits per heavy atom. The van der Waals surface area contributed by atoms with Crippen LogP contribution in [0.3, 0.4) is 0 Å². The highest BCUT2D eigenvalue weighted by atomic mass is 16.4. The number of primary amides is 1. The first-order valence-corrected chi connectivity index (χ1v) is 15.7. The molecule has 0 heterocycles. The molecular formula is C33H42N6O11. The van der Waals surface area contributed by atoms with Crippen molar-refractivity contribution in [2.75, 3.05) is 19.6 Å². The first-order valence-electron chi connectivity index (χ1n) is 15.7. The molecular weight excluding hydrogens is 656 g/mol. The number of unbranched alkanes of at least 4 members (excludes halogenated alkanes) is 1. The van der Waals surface area contributed by atoms with Crippen LogP contribution in [0.5, 0.6) is 5.75 Å². The van der Waals surface area contributed by atoms with E-state index in [4.69, 9.17) is 10.8 Å². The van der Waals surface area contributed by atoms with Crippen molar-refractivity contribution >= 4 is 47.4 Å². The summed E-state index contributed by atoms with van der Waals surface area (Å²) in [6, 6.07) is 7.83. The molecule has 10 N–H and O–H groups in total. The van der Waals surface area contributed by atoms with Crippen LogP contribution in [0.15, 0.2) is 42.5 Å². The summed E-state index contributed by atoms with van der Waals surface area (Å²) < 4.78 is 0. The van der Waals surface area contributed by atoms with Crippen LogP contribution in [0.25, 0.3) is 0 Å². The van der Waals surface area contributed by atoms with E-state index in [-0.39, 0.29) is 42.0 Å². The summed E-state index contributed by atoms with van der Waals surface area (Å²) in [6.07, 6.45) is 0.661. The molecule has 2 unspecified atom stereocenters. The third-order valence-corrected chi connectivity index (χ3v) is 7.32. The molecule has 0 aliphatic rings. The van der Waals surface area contributed by atoms with Crippen LogP contribution in [0.2, 0.25) is 0 Å². The van der Waals surface area contributed by atoms with Gasteiger partial charge in [-0.05, 0) is 74.4 Å². The number of aryl methyl sites for hydroxylation is 2. The van der Waals surface area contributed by atoms with E-state index in [1.54, 1.807) is 25.1 Å². The summed E-state index contributed by atoms with van der Waals surface area (Å²) in [5, 5.41) is 40.1. The Morgan fingerprint density at radius 3 is 2.04 bits per heavy atom. The van der Waals surface area contributed by atoms with Gasteiger partial charge < -0.3 is 47.6 Å². The van der Waals surface area contributed by atoms with E-state index in [0.717, 1.165) is 5.56 Å². The largest absolute Gasteiger partial charge is 0.508 e. The molecule has 2 rings (SSSR count). The van der Waals surface area contributed by atoms with Crippen molar-refractivity contribution in [2.45, 2.75) is 64.0 Å². The third kappa shape index (κ3) is 14.8. The van der Waals surface area contributed by atoms with Gasteiger partial charge in [-0.3, -0.25) is 33.6 Å². The second kappa shape index (κ2) is 20.4. The fraction of sp³-hybridized carbons (Fsp3) is 0.394. The van der Waals surface area contributed by atoms with E-state index in [2.05, 4.69) is 26.6 Å². The smallest absolute Gasteiger partial charge is 0.326 e. The van der Waals surface area contributed by atoms with Crippen LogP contribution >= 0.6 is 0 Å². The fourth-order valence-electron chi connectivity index (χ4n) is 4.57. The monoisotopic (exact) mass is 698 g/mol. The highest BCUT2D eigenvalue weighted by molar-refractivity contribution is 6.00. The van der Waals surface area contributed by atoms with Crippen molar-refractivity contribution in [3.8, 4) is 5.75 Å². The van der Waals surface area contributed by atoms with Gasteiger partial charge in [0.1, 0.15) is 17.8 Å². The van der Waals surface area contributed by atoms with Crippen molar-refractivity contribution in [2.24, 2.45) is 5.73 Å². The van der Waals surface area contributed by atoms with Crippen molar-refractivity contribution in [3.63, 3.8) is 0 Å². The molecule has 50 heavy (non-hydrogen) atoms. The Balaban J connectivity index is 1.77. The lowest BCUT2D eigenvalue weighted by Crippen LogP contribution is -2.52. The number of carboxylic acid groups (broad SMARTS) is 2. The van der Waals surface area contributed by atoms with E-state index in [1.807, 2.05) is 0 Å². The summed E-state index contributed by atoms with van der Waals surface area (Å²) >= 11 is 0. The minimum Gasteiger partial charge on any atom is -0.508 e. The van der Waals surface area contributed by atoms with Crippen molar-refractivity contribution in [1.82, 2.24) is 26.6 Å². The number of aromatic hydroxyl groups is 1. The maximum absolute atomic E-state index is 12.7. The summed E-state index contributed by atoms with van der Waals surface area (Å²) in [5.41, 5.74) is 6.93. The molecule has 0 aromatic heterocycles. The van der Waals surface area contributed by atoms with Gasteiger partial charge in [0, 0.05) is 30.5 Å². The minimum absolute atomic E-state index is 0.0352. The average Bonchev–Trinajstić information content (AvgIpc) is 3.07. The maximum Gasteiger partial charge on any atom is 0.326 e. The number of carboxylic acids is 2. The molecule has 0 aliphatic heterocycles. The van der Waals surface area contributed by atoms with Crippen molar-refractivity contribution < 1.29 is 53.7 Å². The lowest BCUT2D eigenvalue weighted by atomic mass is 10.1. The Hall–Kier alpha value is -6.00. The van der Waals surface area contributed by atoms with Crippen LogP contribution < -0.4 is 32.3 Å². The summed E-state index contributed by atoms with van der Waals surface area (Å²) in [5.74, 6) is -6.69. The second-order valence-corrected chi connectivity index (χ2v) is 11.3. The summed E-state index contributed by atoms with van der Waals surface area (Å²) in [7, 11) is 0. The Bertz CT molecular complexity index is 1580. The van der Waals surface area contributed by atoms with E-state index >= 15 is 0 Å². The van der Waals surface area contributed by atoms with Crippen LogP contribution in [-0.4, -0.2) is 94.4 Å². The topological polar surface area (TPSA) is 283 Å². The van der Waals surface area contributed by atoms with E-state index in [1.165, 1.54) is 24.3 Å². The molecule has 17 heteroatoms. The first-order chi connectivity index (χ1) is 23.7. The second-order valence-electron chi connectivity index (χ2n) is 11.3. The lowest BCUT2D eigenvalue weighted by molar-refractivity contribution is -0.142. The normalized spacial score (nSPS) is 11.7. The van der Waals surface area contributed by atoms with E-state index < -0.39 is 73.1 Å². The number of aliphatic carboxylic acids is 2. The number of carbonyl (C=O) groups is 8. The summed E-state index contributed by atoms with van der Waals surface area (Å²) in [6.45, 7) is 0.765. The Morgan fingerprint density at radius 2 is 1.40 bits per heavy atom. The molecule has 0 bridgehead atoms. The molecule has 0 aliphatic carbocycles. The number of phenols is 1. The van der Waals surface area contributed by atoms with Gasteiger partial charge in [-0.1, -0.05) is 18.2 Å². The molecule has 0 saturated heterocycles. The number of phenolic OH excluding ortho intramolecular Hbond substituents is 1. The van der Waals surface area contributed by atoms with Crippen LogP contribution in [-0.2, 0) is 35.2 Å². The molecule has 2 atom stereocenters. The zero-order valence-electron chi connectivity index (χ0n) is 27.5. The number of nitrogens with one attached hydrogen (secondary N) is 5. The van der Waals surface area contributed by atoms with Crippen LogP contribution in [0.4, 0.5) is 0 Å². The average molecular weight is 699 g/mol. The third-order valence-electron chi connectivity index (χ3n) is 7.32. The van der Waals surface area contributed by atoms with Gasteiger partial charge in [0.25, 0.3) is 5.91 Å². The van der Waals surface area contributed by atoms with Gasteiger partial charge in [-0.15, -0.1) is 0 Å². The van der Waals surface area contributed by atoms with Gasteiger partial charge >= 0.3 is 11.9 Å². The quantitative estimate of drug-likeness (QED) is 0.0748.